The van der Waals surface area contributed by atoms with E-state index in [2.05, 4.69) is 15.2 Å². The van der Waals surface area contributed by atoms with E-state index in [0.717, 1.165) is 48.8 Å². The number of anilines is 2. The Hall–Kier alpha value is -2.40. The minimum atomic E-state index is -0.188. The molecule has 3 rings (SSSR count). The number of carbonyl (C=O) groups excluding carboxylic acids is 1. The molecule has 0 radical (unpaired) electrons. The molecule has 0 unspecified atom stereocenters. The highest BCUT2D eigenvalue weighted by Gasteiger charge is 2.13. The predicted octanol–water partition coefficient (Wildman–Crippen LogP) is 2.79. The summed E-state index contributed by atoms with van der Waals surface area (Å²) in [6.07, 6.45) is 1.75. The number of ether oxygens (including phenoxy) is 1. The minimum absolute atomic E-state index is 0.188. The van der Waals surface area contributed by atoms with Crippen molar-refractivity contribution < 1.29 is 9.53 Å². The number of morpholine rings is 1. The van der Waals surface area contributed by atoms with Gasteiger partial charge in [0.15, 0.2) is 0 Å². The Morgan fingerprint density at radius 1 is 1.17 bits per heavy atom. The van der Waals surface area contributed by atoms with Crippen molar-refractivity contribution in [3.05, 3.63) is 53.3 Å². The van der Waals surface area contributed by atoms with Crippen molar-refractivity contribution in [1.82, 2.24) is 4.98 Å². The zero-order valence-electron chi connectivity index (χ0n) is 13.5. The number of pyridine rings is 1. The zero-order valence-corrected chi connectivity index (χ0v) is 13.5. The average molecular weight is 311 g/mol. The fraction of sp³-hybridized carbons (Fsp3) is 0.333. The first kappa shape index (κ1) is 15.5. The van der Waals surface area contributed by atoms with E-state index in [0.29, 0.717) is 5.69 Å². The number of nitrogens with zero attached hydrogens (tertiary/aromatic N) is 2. The van der Waals surface area contributed by atoms with Gasteiger partial charge in [0.05, 0.1) is 25.1 Å². The Bertz CT molecular complexity index is 692. The van der Waals surface area contributed by atoms with Crippen LogP contribution in [0.3, 0.4) is 0 Å². The molecule has 1 fully saturated rings. The summed E-state index contributed by atoms with van der Waals surface area (Å²) >= 11 is 0. The van der Waals surface area contributed by atoms with Crippen molar-refractivity contribution in [3.8, 4) is 0 Å². The van der Waals surface area contributed by atoms with Crippen LogP contribution < -0.4 is 10.2 Å². The second kappa shape index (κ2) is 6.79. The lowest BCUT2D eigenvalue weighted by molar-refractivity contribution is 0.102. The molecule has 1 aliphatic rings. The van der Waals surface area contributed by atoms with Gasteiger partial charge in [-0.2, -0.15) is 0 Å². The summed E-state index contributed by atoms with van der Waals surface area (Å²) in [4.78, 5) is 18.9. The fourth-order valence-corrected chi connectivity index (χ4v) is 2.59. The number of hydrogen-bond donors (Lipinski definition) is 1. The Balaban J connectivity index is 1.71. The molecule has 2 heterocycles. The molecule has 1 aliphatic heterocycles. The summed E-state index contributed by atoms with van der Waals surface area (Å²) in [5.74, 6) is -0.188. The number of nitrogens with one attached hydrogen (secondary N) is 1. The summed E-state index contributed by atoms with van der Waals surface area (Å²) in [6, 6.07) is 9.71. The molecular weight excluding hydrogens is 290 g/mol. The van der Waals surface area contributed by atoms with Crippen LogP contribution in [0.25, 0.3) is 0 Å². The van der Waals surface area contributed by atoms with Crippen LogP contribution in [-0.4, -0.2) is 37.2 Å². The average Bonchev–Trinajstić information content (AvgIpc) is 2.59. The highest BCUT2D eigenvalue weighted by atomic mass is 16.5. The SMILES string of the molecule is Cc1ccc(C)c(NC(=O)c2ccc(N3CCOCC3)cn2)c1. The molecular formula is C18H21N3O2. The van der Waals surface area contributed by atoms with E-state index in [-0.39, 0.29) is 5.91 Å². The van der Waals surface area contributed by atoms with E-state index in [4.69, 9.17) is 4.74 Å². The quantitative estimate of drug-likeness (QED) is 0.947. The van der Waals surface area contributed by atoms with E-state index >= 15 is 0 Å². The van der Waals surface area contributed by atoms with Crippen LogP contribution in [0.1, 0.15) is 21.6 Å². The van der Waals surface area contributed by atoms with Gasteiger partial charge < -0.3 is 15.0 Å². The van der Waals surface area contributed by atoms with Gasteiger partial charge in [0.25, 0.3) is 5.91 Å². The van der Waals surface area contributed by atoms with Crippen LogP contribution in [-0.2, 0) is 4.74 Å². The van der Waals surface area contributed by atoms with Gasteiger partial charge in [0, 0.05) is 18.8 Å². The minimum Gasteiger partial charge on any atom is -0.378 e. The highest BCUT2D eigenvalue weighted by Crippen LogP contribution is 2.18. The smallest absolute Gasteiger partial charge is 0.274 e. The molecule has 5 heteroatoms. The number of benzene rings is 1. The molecule has 1 saturated heterocycles. The number of aromatic nitrogens is 1. The largest absolute Gasteiger partial charge is 0.378 e. The molecule has 1 aromatic heterocycles. The van der Waals surface area contributed by atoms with Gasteiger partial charge in [0.1, 0.15) is 5.69 Å². The Kier molecular flexibility index (Phi) is 4.57. The maximum absolute atomic E-state index is 12.4. The molecule has 1 N–H and O–H groups in total. The van der Waals surface area contributed by atoms with Gasteiger partial charge in [-0.05, 0) is 43.2 Å². The molecule has 0 bridgehead atoms. The standard InChI is InChI=1S/C18H21N3O2/c1-13-3-4-14(2)17(11-13)20-18(22)16-6-5-15(12-19-16)21-7-9-23-10-8-21/h3-6,11-12H,7-10H2,1-2H3,(H,20,22). The molecule has 2 aromatic rings. The van der Waals surface area contributed by atoms with Crippen molar-refractivity contribution in [2.24, 2.45) is 0 Å². The number of aryl methyl sites for hydroxylation is 2. The van der Waals surface area contributed by atoms with E-state index in [1.54, 1.807) is 12.3 Å². The van der Waals surface area contributed by atoms with Gasteiger partial charge in [-0.25, -0.2) is 4.98 Å². The topological polar surface area (TPSA) is 54.5 Å². The summed E-state index contributed by atoms with van der Waals surface area (Å²) in [5, 5.41) is 2.93. The van der Waals surface area contributed by atoms with Crippen molar-refractivity contribution in [2.45, 2.75) is 13.8 Å². The van der Waals surface area contributed by atoms with Crippen LogP contribution in [0.4, 0.5) is 11.4 Å². The molecule has 1 amide bonds. The first-order valence-electron chi connectivity index (χ1n) is 7.81. The van der Waals surface area contributed by atoms with Crippen LogP contribution >= 0.6 is 0 Å². The Morgan fingerprint density at radius 3 is 2.65 bits per heavy atom. The van der Waals surface area contributed by atoms with Gasteiger partial charge in [-0.1, -0.05) is 12.1 Å². The van der Waals surface area contributed by atoms with Crippen LogP contribution in [0, 0.1) is 13.8 Å². The van der Waals surface area contributed by atoms with Crippen LogP contribution in [0.2, 0.25) is 0 Å². The Morgan fingerprint density at radius 2 is 1.96 bits per heavy atom. The van der Waals surface area contributed by atoms with E-state index in [9.17, 15) is 4.79 Å². The number of carbonyl (C=O) groups is 1. The van der Waals surface area contributed by atoms with Crippen molar-refractivity contribution in [1.29, 1.82) is 0 Å². The lowest BCUT2D eigenvalue weighted by Gasteiger charge is -2.28. The Labute approximate surface area is 136 Å². The maximum Gasteiger partial charge on any atom is 0.274 e. The third-order valence-corrected chi connectivity index (χ3v) is 4.00. The van der Waals surface area contributed by atoms with Gasteiger partial charge >= 0.3 is 0 Å². The second-order valence-electron chi connectivity index (χ2n) is 5.77. The fourth-order valence-electron chi connectivity index (χ4n) is 2.59. The summed E-state index contributed by atoms with van der Waals surface area (Å²) in [6.45, 7) is 7.16. The summed E-state index contributed by atoms with van der Waals surface area (Å²) < 4.78 is 5.34. The highest BCUT2D eigenvalue weighted by molar-refractivity contribution is 6.03. The van der Waals surface area contributed by atoms with Gasteiger partial charge in [0.2, 0.25) is 0 Å². The first-order chi connectivity index (χ1) is 11.1. The summed E-state index contributed by atoms with van der Waals surface area (Å²) in [5.41, 5.74) is 4.42. The molecule has 0 aliphatic carbocycles. The molecule has 0 spiro atoms. The molecule has 1 aromatic carbocycles. The lowest BCUT2D eigenvalue weighted by atomic mass is 10.1. The lowest BCUT2D eigenvalue weighted by Crippen LogP contribution is -2.36. The monoisotopic (exact) mass is 311 g/mol. The third-order valence-electron chi connectivity index (χ3n) is 4.00. The zero-order chi connectivity index (χ0) is 16.2. The van der Waals surface area contributed by atoms with Crippen molar-refractivity contribution in [3.63, 3.8) is 0 Å². The number of rotatable bonds is 3. The van der Waals surface area contributed by atoms with Crippen molar-refractivity contribution in [2.75, 3.05) is 36.5 Å². The summed E-state index contributed by atoms with van der Waals surface area (Å²) in [7, 11) is 0. The van der Waals surface area contributed by atoms with E-state index in [1.807, 2.05) is 38.1 Å². The van der Waals surface area contributed by atoms with E-state index < -0.39 is 0 Å². The maximum atomic E-state index is 12.4. The number of amides is 1. The predicted molar refractivity (Wildman–Crippen MR) is 91.1 cm³/mol. The molecule has 120 valence electrons. The van der Waals surface area contributed by atoms with Crippen LogP contribution in [0.15, 0.2) is 36.5 Å². The first-order valence-corrected chi connectivity index (χ1v) is 7.81. The second-order valence-corrected chi connectivity index (χ2v) is 5.77. The van der Waals surface area contributed by atoms with E-state index in [1.165, 1.54) is 0 Å². The molecule has 0 saturated carbocycles. The van der Waals surface area contributed by atoms with Gasteiger partial charge in [-0.15, -0.1) is 0 Å². The van der Waals surface area contributed by atoms with Gasteiger partial charge in [-0.3, -0.25) is 4.79 Å². The van der Waals surface area contributed by atoms with Crippen LogP contribution in [0.5, 0.6) is 0 Å². The number of hydrogen-bond acceptors (Lipinski definition) is 4. The normalized spacial score (nSPS) is 14.6. The molecule has 0 atom stereocenters. The van der Waals surface area contributed by atoms with Crippen molar-refractivity contribution >= 4 is 17.3 Å². The molecule has 23 heavy (non-hydrogen) atoms. The third kappa shape index (κ3) is 3.68. The molecule has 5 nitrogen and oxygen atoms in total.